The quantitative estimate of drug-likeness (QED) is 0.316. The van der Waals surface area contributed by atoms with Gasteiger partial charge in [0, 0.05) is 22.3 Å². The van der Waals surface area contributed by atoms with Gasteiger partial charge in [-0.15, -0.1) is 0 Å². The Morgan fingerprint density at radius 2 is 1.43 bits per heavy atom. The summed E-state index contributed by atoms with van der Waals surface area (Å²) >= 11 is 6.12. The highest BCUT2D eigenvalue weighted by Gasteiger charge is 2.18. The second-order valence-electron chi connectivity index (χ2n) is 7.97. The number of fused-ring (bicyclic) bond motifs is 1. The zero-order valence-corrected chi connectivity index (χ0v) is 19.2. The molecule has 0 N–H and O–H groups in total. The third-order valence-electron chi connectivity index (χ3n) is 5.79. The van der Waals surface area contributed by atoms with Gasteiger partial charge in [-0.1, -0.05) is 60.1 Å². The number of nitrogens with zero attached hydrogens (tertiary/aromatic N) is 5. The minimum atomic E-state index is -0.205. The molecule has 168 valence electrons. The van der Waals surface area contributed by atoms with E-state index in [1.54, 1.807) is 33.8 Å². The molecule has 3 aromatic carbocycles. The second kappa shape index (κ2) is 8.66. The first-order valence-corrected chi connectivity index (χ1v) is 11.4. The van der Waals surface area contributed by atoms with Crippen molar-refractivity contribution >= 4 is 22.6 Å². The summed E-state index contributed by atoms with van der Waals surface area (Å²) in [6.45, 7) is 0. The van der Waals surface area contributed by atoms with Crippen LogP contribution in [0.2, 0.25) is 5.02 Å². The molecule has 0 radical (unpaired) electrons. The normalized spacial score (nSPS) is 11.1. The first kappa shape index (κ1) is 21.0. The van der Waals surface area contributed by atoms with Gasteiger partial charge in [-0.05, 0) is 48.5 Å². The molecule has 0 saturated heterocycles. The molecule has 0 atom stereocenters. The molecule has 0 amide bonds. The van der Waals surface area contributed by atoms with Gasteiger partial charge in [-0.2, -0.15) is 5.10 Å². The summed E-state index contributed by atoms with van der Waals surface area (Å²) in [5.41, 5.74) is 4.43. The Labute approximate surface area is 205 Å². The fourth-order valence-electron chi connectivity index (χ4n) is 4.07. The lowest BCUT2D eigenvalue weighted by Crippen LogP contribution is -2.22. The molecule has 0 spiro atoms. The Bertz CT molecular complexity index is 1690. The summed E-state index contributed by atoms with van der Waals surface area (Å²) in [5.74, 6) is 0.509. The van der Waals surface area contributed by atoms with Crippen LogP contribution in [-0.2, 0) is 0 Å². The molecule has 3 aromatic heterocycles. The lowest BCUT2D eigenvalue weighted by atomic mass is 10.1. The van der Waals surface area contributed by atoms with Gasteiger partial charge in [0.25, 0.3) is 5.56 Å². The number of hydrogen-bond donors (Lipinski definition) is 0. The highest BCUT2D eigenvalue weighted by Crippen LogP contribution is 2.26. The molecular formula is C28H18ClN5O. The number of hydrogen-bond acceptors (Lipinski definition) is 4. The van der Waals surface area contributed by atoms with Crippen molar-refractivity contribution in [1.82, 2.24) is 24.3 Å². The number of para-hydroxylation sites is 1. The maximum atomic E-state index is 13.8. The highest BCUT2D eigenvalue weighted by molar-refractivity contribution is 6.30. The molecule has 0 aliphatic carbocycles. The Balaban J connectivity index is 1.59. The summed E-state index contributed by atoms with van der Waals surface area (Å²) in [5, 5.41) is 5.50. The van der Waals surface area contributed by atoms with E-state index in [2.05, 4.69) is 10.1 Å². The SMILES string of the molecule is O=c1c2cnn(-c3ccccc3)c2nc(-c2ccc(-c3ccccn3)cc2)n1-c1ccc(Cl)cc1. The first-order valence-electron chi connectivity index (χ1n) is 11.0. The number of aromatic nitrogens is 5. The van der Waals surface area contributed by atoms with Crippen LogP contribution in [0.25, 0.3) is 45.1 Å². The van der Waals surface area contributed by atoms with E-state index < -0.39 is 0 Å². The van der Waals surface area contributed by atoms with E-state index in [4.69, 9.17) is 16.6 Å². The molecule has 0 saturated carbocycles. The van der Waals surface area contributed by atoms with Gasteiger partial charge in [0.15, 0.2) is 5.65 Å². The molecule has 35 heavy (non-hydrogen) atoms. The van der Waals surface area contributed by atoms with Crippen LogP contribution in [0.1, 0.15) is 0 Å². The fraction of sp³-hybridized carbons (Fsp3) is 0. The van der Waals surface area contributed by atoms with E-state index in [-0.39, 0.29) is 5.56 Å². The fourth-order valence-corrected chi connectivity index (χ4v) is 4.20. The number of rotatable bonds is 4. The van der Waals surface area contributed by atoms with Gasteiger partial charge in [-0.25, -0.2) is 9.67 Å². The molecule has 0 fully saturated rings. The van der Waals surface area contributed by atoms with Crippen LogP contribution in [0, 0.1) is 0 Å². The van der Waals surface area contributed by atoms with Crippen molar-refractivity contribution < 1.29 is 0 Å². The molecule has 3 heterocycles. The van der Waals surface area contributed by atoms with Gasteiger partial charge in [-0.3, -0.25) is 14.3 Å². The Hall–Kier alpha value is -4.55. The average Bonchev–Trinajstić information content (AvgIpc) is 3.35. The zero-order valence-electron chi connectivity index (χ0n) is 18.4. The van der Waals surface area contributed by atoms with Gasteiger partial charge >= 0.3 is 0 Å². The van der Waals surface area contributed by atoms with Crippen LogP contribution in [0.3, 0.4) is 0 Å². The van der Waals surface area contributed by atoms with Crippen LogP contribution in [0.4, 0.5) is 0 Å². The van der Waals surface area contributed by atoms with E-state index in [1.807, 2.05) is 84.9 Å². The van der Waals surface area contributed by atoms with Gasteiger partial charge in [0.1, 0.15) is 11.2 Å². The van der Waals surface area contributed by atoms with Crippen LogP contribution in [0.5, 0.6) is 0 Å². The summed E-state index contributed by atoms with van der Waals surface area (Å²) in [7, 11) is 0. The molecule has 0 bridgehead atoms. The molecule has 7 heteroatoms. The van der Waals surface area contributed by atoms with E-state index in [0.717, 1.165) is 22.5 Å². The summed E-state index contributed by atoms with van der Waals surface area (Å²) in [6, 6.07) is 30.5. The lowest BCUT2D eigenvalue weighted by Gasteiger charge is -2.14. The second-order valence-corrected chi connectivity index (χ2v) is 8.41. The van der Waals surface area contributed by atoms with Crippen molar-refractivity contribution in [2.45, 2.75) is 0 Å². The van der Waals surface area contributed by atoms with Crippen molar-refractivity contribution in [2.24, 2.45) is 0 Å². The third kappa shape index (κ3) is 3.80. The standard InChI is InChI=1S/C28H18ClN5O/c29-21-13-15-22(16-14-21)33-26(20-11-9-19(10-12-20)25-8-4-5-17-30-25)32-27-24(28(33)35)18-31-34(27)23-6-2-1-3-7-23/h1-18H. The van der Waals surface area contributed by atoms with Crippen LogP contribution in [0.15, 0.2) is 114 Å². The molecular weight excluding hydrogens is 458 g/mol. The minimum absolute atomic E-state index is 0.205. The largest absolute Gasteiger partial charge is 0.269 e. The van der Waals surface area contributed by atoms with E-state index in [1.165, 1.54) is 0 Å². The van der Waals surface area contributed by atoms with E-state index in [0.29, 0.717) is 27.6 Å². The van der Waals surface area contributed by atoms with Gasteiger partial charge in [0.05, 0.1) is 23.3 Å². The summed E-state index contributed by atoms with van der Waals surface area (Å²) in [4.78, 5) is 23.1. The predicted molar refractivity (Wildman–Crippen MR) is 138 cm³/mol. The van der Waals surface area contributed by atoms with Crippen LogP contribution >= 0.6 is 11.6 Å². The average molecular weight is 476 g/mol. The maximum absolute atomic E-state index is 13.8. The summed E-state index contributed by atoms with van der Waals surface area (Å²) < 4.78 is 3.29. The van der Waals surface area contributed by atoms with Gasteiger partial charge in [0.2, 0.25) is 0 Å². The smallest absolute Gasteiger partial charge is 0.268 e. The molecule has 6 rings (SSSR count). The predicted octanol–water partition coefficient (Wildman–Crippen LogP) is 5.95. The Morgan fingerprint density at radius 3 is 2.14 bits per heavy atom. The number of halogens is 1. The topological polar surface area (TPSA) is 65.6 Å². The number of pyridine rings is 1. The Morgan fingerprint density at radius 1 is 0.714 bits per heavy atom. The molecule has 6 nitrogen and oxygen atoms in total. The minimum Gasteiger partial charge on any atom is -0.268 e. The van der Waals surface area contributed by atoms with E-state index in [9.17, 15) is 4.79 Å². The molecule has 6 aromatic rings. The Kier molecular flexibility index (Phi) is 5.20. The van der Waals surface area contributed by atoms with Crippen molar-refractivity contribution in [3.63, 3.8) is 0 Å². The maximum Gasteiger partial charge on any atom is 0.269 e. The highest BCUT2D eigenvalue weighted by atomic mass is 35.5. The van der Waals surface area contributed by atoms with Crippen LogP contribution in [-0.4, -0.2) is 24.3 Å². The lowest BCUT2D eigenvalue weighted by molar-refractivity contribution is 0.888. The monoisotopic (exact) mass is 475 g/mol. The van der Waals surface area contributed by atoms with Crippen LogP contribution < -0.4 is 5.56 Å². The zero-order chi connectivity index (χ0) is 23.8. The van der Waals surface area contributed by atoms with Crippen molar-refractivity contribution in [1.29, 1.82) is 0 Å². The molecule has 0 unspecified atom stereocenters. The van der Waals surface area contributed by atoms with Gasteiger partial charge < -0.3 is 0 Å². The molecule has 0 aliphatic heterocycles. The van der Waals surface area contributed by atoms with Crippen molar-refractivity contribution in [3.05, 3.63) is 125 Å². The first-order chi connectivity index (χ1) is 17.2. The van der Waals surface area contributed by atoms with Crippen molar-refractivity contribution in [2.75, 3.05) is 0 Å². The van der Waals surface area contributed by atoms with E-state index >= 15 is 0 Å². The number of benzene rings is 3. The molecule has 0 aliphatic rings. The summed E-state index contributed by atoms with van der Waals surface area (Å²) in [6.07, 6.45) is 3.33. The van der Waals surface area contributed by atoms with Crippen molar-refractivity contribution in [3.8, 4) is 34.0 Å². The third-order valence-corrected chi connectivity index (χ3v) is 6.04.